The third kappa shape index (κ3) is 5.18. The highest BCUT2D eigenvalue weighted by atomic mass is 16.5. The van der Waals surface area contributed by atoms with Gasteiger partial charge in [0.1, 0.15) is 0 Å². The minimum absolute atomic E-state index is 0.114. The number of likely N-dealkylation sites (tertiary alicyclic amines) is 1. The van der Waals surface area contributed by atoms with Gasteiger partial charge in [0.25, 0.3) is 0 Å². The molecule has 5 nitrogen and oxygen atoms in total. The summed E-state index contributed by atoms with van der Waals surface area (Å²) in [5.41, 5.74) is 1.11. The molecular weight excluding hydrogens is 314 g/mol. The van der Waals surface area contributed by atoms with Crippen LogP contribution in [0.25, 0.3) is 0 Å². The van der Waals surface area contributed by atoms with E-state index in [1.54, 1.807) is 6.20 Å². The van der Waals surface area contributed by atoms with E-state index in [9.17, 15) is 4.79 Å². The van der Waals surface area contributed by atoms with Gasteiger partial charge in [-0.15, -0.1) is 0 Å². The van der Waals surface area contributed by atoms with Gasteiger partial charge in [-0.3, -0.25) is 9.69 Å². The van der Waals surface area contributed by atoms with Crippen molar-refractivity contribution in [2.45, 2.75) is 64.5 Å². The molecule has 5 heteroatoms. The fourth-order valence-electron chi connectivity index (χ4n) is 4.03. The number of amides is 1. The number of hydrogen-bond donors (Lipinski definition) is 1. The summed E-state index contributed by atoms with van der Waals surface area (Å²) in [4.78, 5) is 19.4. The van der Waals surface area contributed by atoms with Gasteiger partial charge in [0, 0.05) is 30.9 Å². The first kappa shape index (κ1) is 18.2. The highest BCUT2D eigenvalue weighted by molar-refractivity contribution is 5.79. The van der Waals surface area contributed by atoms with Crippen LogP contribution in [0, 0.1) is 5.92 Å². The molecule has 0 bridgehead atoms. The van der Waals surface area contributed by atoms with Gasteiger partial charge < -0.3 is 10.1 Å². The Morgan fingerprint density at radius 1 is 1.28 bits per heavy atom. The van der Waals surface area contributed by atoms with Crippen molar-refractivity contribution in [3.63, 3.8) is 0 Å². The molecule has 1 aliphatic heterocycles. The lowest BCUT2D eigenvalue weighted by molar-refractivity contribution is -0.127. The van der Waals surface area contributed by atoms with E-state index in [2.05, 4.69) is 21.3 Å². The fraction of sp³-hybridized carbons (Fsp3) is 0.700. The molecular formula is C20H31N3O2. The molecule has 1 atom stereocenters. The van der Waals surface area contributed by atoms with Crippen LogP contribution >= 0.6 is 0 Å². The van der Waals surface area contributed by atoms with Crippen LogP contribution in [-0.2, 0) is 11.3 Å². The summed E-state index contributed by atoms with van der Waals surface area (Å²) in [5, 5.41) is 3.30. The number of nitrogens with zero attached hydrogens (tertiary/aromatic N) is 2. The highest BCUT2D eigenvalue weighted by Gasteiger charge is 2.28. The zero-order valence-electron chi connectivity index (χ0n) is 15.4. The third-order valence-electron chi connectivity index (χ3n) is 5.35. The van der Waals surface area contributed by atoms with Gasteiger partial charge in [-0.1, -0.05) is 25.3 Å². The lowest BCUT2D eigenvalue weighted by Crippen LogP contribution is -2.46. The van der Waals surface area contributed by atoms with Crippen molar-refractivity contribution in [2.24, 2.45) is 5.92 Å². The van der Waals surface area contributed by atoms with Crippen LogP contribution in [-0.4, -0.2) is 41.5 Å². The molecule has 0 radical (unpaired) electrons. The second-order valence-corrected chi connectivity index (χ2v) is 7.32. The quantitative estimate of drug-likeness (QED) is 0.860. The van der Waals surface area contributed by atoms with E-state index in [-0.39, 0.29) is 11.8 Å². The number of ether oxygens (including phenoxy) is 1. The van der Waals surface area contributed by atoms with E-state index in [1.807, 2.05) is 13.0 Å². The highest BCUT2D eigenvalue weighted by Crippen LogP contribution is 2.23. The molecule has 138 valence electrons. The molecule has 0 spiro atoms. The predicted octanol–water partition coefficient (Wildman–Crippen LogP) is 3.14. The zero-order chi connectivity index (χ0) is 17.5. The smallest absolute Gasteiger partial charge is 0.224 e. The van der Waals surface area contributed by atoms with Crippen LogP contribution < -0.4 is 10.1 Å². The lowest BCUT2D eigenvalue weighted by Gasteiger charge is -2.33. The van der Waals surface area contributed by atoms with Crippen molar-refractivity contribution < 1.29 is 9.53 Å². The summed E-state index contributed by atoms with van der Waals surface area (Å²) in [6.07, 6.45) is 9.96. The first-order valence-corrected chi connectivity index (χ1v) is 9.85. The number of aromatic nitrogens is 1. The van der Waals surface area contributed by atoms with Gasteiger partial charge in [0.05, 0.1) is 12.5 Å². The second-order valence-electron chi connectivity index (χ2n) is 7.32. The molecule has 1 saturated heterocycles. The van der Waals surface area contributed by atoms with Crippen LogP contribution in [0.2, 0.25) is 0 Å². The minimum atomic E-state index is 0.114. The summed E-state index contributed by atoms with van der Waals surface area (Å²) in [6, 6.07) is 4.43. The summed E-state index contributed by atoms with van der Waals surface area (Å²) in [7, 11) is 0. The number of pyridine rings is 1. The maximum atomic E-state index is 12.7. The maximum Gasteiger partial charge on any atom is 0.224 e. The van der Waals surface area contributed by atoms with Crippen molar-refractivity contribution in [1.82, 2.24) is 15.2 Å². The van der Waals surface area contributed by atoms with Crippen molar-refractivity contribution in [3.8, 4) is 5.88 Å². The van der Waals surface area contributed by atoms with Crippen LogP contribution in [0.5, 0.6) is 5.88 Å². The predicted molar refractivity (Wildman–Crippen MR) is 98.4 cm³/mol. The fourth-order valence-corrected chi connectivity index (χ4v) is 4.03. The average molecular weight is 345 g/mol. The molecule has 3 rings (SSSR count). The average Bonchev–Trinajstić information content (AvgIpc) is 2.65. The molecule has 1 saturated carbocycles. The van der Waals surface area contributed by atoms with Crippen molar-refractivity contribution in [3.05, 3.63) is 23.9 Å². The summed E-state index contributed by atoms with van der Waals surface area (Å²) in [6.45, 7) is 5.27. The van der Waals surface area contributed by atoms with Crippen LogP contribution in [0.4, 0.5) is 0 Å². The number of nitrogens with one attached hydrogen (secondary N) is 1. The monoisotopic (exact) mass is 345 g/mol. The molecule has 1 N–H and O–H groups in total. The summed E-state index contributed by atoms with van der Waals surface area (Å²) < 4.78 is 5.64. The Hall–Kier alpha value is -1.62. The molecule has 1 aromatic rings. The molecule has 2 aliphatic rings. The van der Waals surface area contributed by atoms with E-state index in [4.69, 9.17) is 4.74 Å². The van der Waals surface area contributed by atoms with Gasteiger partial charge in [-0.25, -0.2) is 4.98 Å². The van der Waals surface area contributed by atoms with Crippen molar-refractivity contribution >= 4 is 5.91 Å². The van der Waals surface area contributed by atoms with Gasteiger partial charge >= 0.3 is 0 Å². The maximum absolute atomic E-state index is 12.7. The van der Waals surface area contributed by atoms with Gasteiger partial charge in [0.2, 0.25) is 11.8 Å². The number of piperidine rings is 1. The Morgan fingerprint density at radius 2 is 2.12 bits per heavy atom. The number of carbonyl (C=O) groups excluding carboxylic acids is 1. The minimum Gasteiger partial charge on any atom is -0.478 e. The summed E-state index contributed by atoms with van der Waals surface area (Å²) >= 11 is 0. The van der Waals surface area contributed by atoms with Gasteiger partial charge in [-0.2, -0.15) is 0 Å². The molecule has 1 aliphatic carbocycles. The number of hydrogen-bond acceptors (Lipinski definition) is 4. The zero-order valence-corrected chi connectivity index (χ0v) is 15.4. The van der Waals surface area contributed by atoms with E-state index < -0.39 is 0 Å². The lowest BCUT2D eigenvalue weighted by atomic mass is 9.93. The molecule has 1 aromatic heterocycles. The molecule has 1 unspecified atom stereocenters. The van der Waals surface area contributed by atoms with E-state index in [0.29, 0.717) is 12.6 Å². The van der Waals surface area contributed by atoms with Gasteiger partial charge in [0.15, 0.2) is 0 Å². The molecule has 2 fully saturated rings. The molecule has 1 amide bonds. The van der Waals surface area contributed by atoms with E-state index in [1.165, 1.54) is 19.3 Å². The van der Waals surface area contributed by atoms with Gasteiger partial charge in [-0.05, 0) is 45.2 Å². The third-order valence-corrected chi connectivity index (χ3v) is 5.35. The first-order valence-electron chi connectivity index (χ1n) is 9.85. The first-order chi connectivity index (χ1) is 12.3. The topological polar surface area (TPSA) is 54.5 Å². The van der Waals surface area contributed by atoms with Crippen LogP contribution in [0.15, 0.2) is 18.3 Å². The van der Waals surface area contributed by atoms with E-state index in [0.717, 1.165) is 56.8 Å². The van der Waals surface area contributed by atoms with Crippen molar-refractivity contribution in [1.29, 1.82) is 0 Å². The summed E-state index contributed by atoms with van der Waals surface area (Å²) in [5.74, 6) is 1.09. The SMILES string of the molecule is CCOc1ncccc1CN1CCCC(C(=O)NC2CCCCC2)C1. The largest absolute Gasteiger partial charge is 0.478 e. The molecule has 2 heterocycles. The Balaban J connectivity index is 1.55. The Bertz CT molecular complexity index is 558. The number of carbonyl (C=O) groups is 1. The molecule has 25 heavy (non-hydrogen) atoms. The van der Waals surface area contributed by atoms with Crippen LogP contribution in [0.3, 0.4) is 0 Å². The Labute approximate surface area is 151 Å². The van der Waals surface area contributed by atoms with Crippen molar-refractivity contribution in [2.75, 3.05) is 19.7 Å². The standard InChI is InChI=1S/C20H31N3O2/c1-2-25-20-17(8-6-12-21-20)15-23-13-7-9-16(14-23)19(24)22-18-10-4-3-5-11-18/h6,8,12,16,18H,2-5,7,9-11,13-15H2,1H3,(H,22,24). The normalized spacial score (nSPS) is 22.5. The molecule has 0 aromatic carbocycles. The number of rotatable bonds is 6. The van der Waals surface area contributed by atoms with Crippen LogP contribution in [0.1, 0.15) is 57.4 Å². The second kappa shape index (κ2) is 9.18. The Kier molecular flexibility index (Phi) is 6.68. The Morgan fingerprint density at radius 3 is 2.92 bits per heavy atom. The van der Waals surface area contributed by atoms with E-state index >= 15 is 0 Å².